The van der Waals surface area contributed by atoms with Crippen molar-refractivity contribution in [2.75, 3.05) is 24.7 Å². The molecule has 0 aliphatic heterocycles. The maximum atomic E-state index is 9.42. The van der Waals surface area contributed by atoms with Gasteiger partial charge < -0.3 is 20.9 Å². The average molecular weight is 471 g/mol. The Hall–Kier alpha value is -2.05. The number of nitriles is 1. The first-order valence-electron chi connectivity index (χ1n) is 7.55. The van der Waals surface area contributed by atoms with Crippen LogP contribution in [0.25, 0.3) is 11.3 Å². The number of benzene rings is 1. The molecule has 1 aromatic heterocycles. The van der Waals surface area contributed by atoms with Gasteiger partial charge in [0.1, 0.15) is 17.5 Å². The average Bonchev–Trinajstić information content (AvgIpc) is 2.57. The molecule has 1 aromatic carbocycles. The summed E-state index contributed by atoms with van der Waals surface area (Å²) < 4.78 is 12.8. The van der Waals surface area contributed by atoms with Crippen LogP contribution in [0.15, 0.2) is 15.0 Å². The zero-order valence-corrected chi connectivity index (χ0v) is 16.9. The molecule has 132 valence electrons. The molecule has 0 saturated heterocycles. The van der Waals surface area contributed by atoms with Crippen LogP contribution in [0.1, 0.15) is 25.8 Å². The van der Waals surface area contributed by atoms with E-state index in [0.717, 1.165) is 6.42 Å². The molecule has 7 nitrogen and oxygen atoms in total. The second-order valence-electron chi connectivity index (χ2n) is 4.96. The van der Waals surface area contributed by atoms with Crippen LogP contribution in [0.3, 0.4) is 0 Å². The molecule has 2 aromatic rings. The lowest BCUT2D eigenvalue weighted by Gasteiger charge is -2.17. The number of nitrogen functional groups attached to an aromatic ring is 2. The summed E-state index contributed by atoms with van der Waals surface area (Å²) in [6, 6.07) is 3.76. The van der Waals surface area contributed by atoms with Gasteiger partial charge in [0.2, 0.25) is 5.95 Å². The van der Waals surface area contributed by atoms with E-state index in [1.54, 1.807) is 6.07 Å². The summed E-state index contributed by atoms with van der Waals surface area (Å²) in [5.41, 5.74) is 12.6. The van der Waals surface area contributed by atoms with Gasteiger partial charge in [0.25, 0.3) is 0 Å². The number of hydrogen-bond acceptors (Lipinski definition) is 7. The summed E-state index contributed by atoms with van der Waals surface area (Å²) in [5, 5.41) is 9.42. The summed E-state index contributed by atoms with van der Waals surface area (Å²) in [5.74, 6) is 1.12. The van der Waals surface area contributed by atoms with Gasteiger partial charge in [-0.05, 0) is 51.3 Å². The summed E-state index contributed by atoms with van der Waals surface area (Å²) in [6.07, 6.45) is 0.856. The minimum atomic E-state index is -0.0150. The van der Waals surface area contributed by atoms with Crippen molar-refractivity contribution in [3.05, 3.63) is 20.6 Å². The lowest BCUT2D eigenvalue weighted by Crippen LogP contribution is -2.06. The number of ether oxygens (including phenoxy) is 2. The molecule has 2 rings (SSSR count). The largest absolute Gasteiger partial charge is 0.490 e. The molecule has 0 aliphatic rings. The topological polar surface area (TPSA) is 120 Å². The van der Waals surface area contributed by atoms with Gasteiger partial charge in [0, 0.05) is 10.0 Å². The standard InChI is InChI=1S/C16H17Br2N5O2/c1-3-5-25-14-10(24-4-2)6-8(11(17)12(14)18)13-9(7-19)15(20)23-16(21)22-13/h6H,3-5H2,1-2H3,(H4,20,21,22,23). The van der Waals surface area contributed by atoms with Crippen LogP contribution >= 0.6 is 31.9 Å². The molecule has 9 heteroatoms. The van der Waals surface area contributed by atoms with Crippen LogP contribution in [0.4, 0.5) is 11.8 Å². The monoisotopic (exact) mass is 469 g/mol. The summed E-state index contributed by atoms with van der Waals surface area (Å²) in [7, 11) is 0. The highest BCUT2D eigenvalue weighted by atomic mass is 79.9. The molecule has 0 saturated carbocycles. The number of hydrogen-bond donors (Lipinski definition) is 2. The Morgan fingerprint density at radius 1 is 1.16 bits per heavy atom. The molecule has 0 spiro atoms. The van der Waals surface area contributed by atoms with E-state index >= 15 is 0 Å². The Labute approximate surface area is 162 Å². The molecule has 0 aliphatic carbocycles. The Bertz CT molecular complexity index is 836. The first-order valence-corrected chi connectivity index (χ1v) is 9.14. The van der Waals surface area contributed by atoms with E-state index in [2.05, 4.69) is 41.8 Å². The molecular formula is C16H17Br2N5O2. The highest BCUT2D eigenvalue weighted by Gasteiger charge is 2.22. The predicted molar refractivity (Wildman–Crippen MR) is 103 cm³/mol. The number of aromatic nitrogens is 2. The van der Waals surface area contributed by atoms with Gasteiger partial charge in [-0.15, -0.1) is 0 Å². The van der Waals surface area contributed by atoms with E-state index in [1.165, 1.54) is 0 Å². The Balaban J connectivity index is 2.74. The van der Waals surface area contributed by atoms with Crippen molar-refractivity contribution in [1.82, 2.24) is 9.97 Å². The Morgan fingerprint density at radius 3 is 2.48 bits per heavy atom. The second-order valence-corrected chi connectivity index (χ2v) is 6.55. The molecule has 0 unspecified atom stereocenters. The Morgan fingerprint density at radius 2 is 1.88 bits per heavy atom. The van der Waals surface area contributed by atoms with Crippen LogP contribution < -0.4 is 20.9 Å². The maximum absolute atomic E-state index is 9.42. The fourth-order valence-electron chi connectivity index (χ4n) is 2.16. The number of rotatable bonds is 6. The third kappa shape index (κ3) is 3.96. The number of halogens is 2. The van der Waals surface area contributed by atoms with Crippen molar-refractivity contribution < 1.29 is 9.47 Å². The molecule has 1 heterocycles. The van der Waals surface area contributed by atoms with Crippen molar-refractivity contribution in [3.8, 4) is 28.8 Å². The first kappa shape index (κ1) is 19.3. The van der Waals surface area contributed by atoms with E-state index in [-0.39, 0.29) is 17.3 Å². The zero-order valence-electron chi connectivity index (χ0n) is 13.8. The van der Waals surface area contributed by atoms with Crippen molar-refractivity contribution >= 4 is 43.6 Å². The fourth-order valence-corrected chi connectivity index (χ4v) is 3.17. The van der Waals surface area contributed by atoms with E-state index in [4.69, 9.17) is 20.9 Å². The zero-order chi connectivity index (χ0) is 18.6. The van der Waals surface area contributed by atoms with Crippen LogP contribution in [-0.4, -0.2) is 23.2 Å². The third-order valence-electron chi connectivity index (χ3n) is 3.20. The molecule has 0 amide bonds. The quantitative estimate of drug-likeness (QED) is 0.656. The van der Waals surface area contributed by atoms with E-state index in [9.17, 15) is 5.26 Å². The normalized spacial score (nSPS) is 10.4. The highest BCUT2D eigenvalue weighted by Crippen LogP contribution is 2.46. The van der Waals surface area contributed by atoms with Gasteiger partial charge in [0.15, 0.2) is 11.5 Å². The molecule has 0 fully saturated rings. The summed E-state index contributed by atoms with van der Waals surface area (Å²) >= 11 is 7.05. The number of anilines is 2. The van der Waals surface area contributed by atoms with Crippen LogP contribution in [0.2, 0.25) is 0 Å². The minimum Gasteiger partial charge on any atom is -0.490 e. The van der Waals surface area contributed by atoms with Gasteiger partial charge in [-0.2, -0.15) is 10.2 Å². The van der Waals surface area contributed by atoms with Crippen LogP contribution in [0, 0.1) is 11.3 Å². The van der Waals surface area contributed by atoms with Crippen molar-refractivity contribution in [2.24, 2.45) is 0 Å². The summed E-state index contributed by atoms with van der Waals surface area (Å²) in [6.45, 7) is 4.89. The molecular weight excluding hydrogens is 454 g/mol. The minimum absolute atomic E-state index is 0.0150. The fraction of sp³-hybridized carbons (Fsp3) is 0.312. The van der Waals surface area contributed by atoms with Crippen molar-refractivity contribution in [3.63, 3.8) is 0 Å². The number of nitrogens with zero attached hydrogens (tertiary/aromatic N) is 3. The Kier molecular flexibility index (Phi) is 6.45. The highest BCUT2D eigenvalue weighted by molar-refractivity contribution is 9.13. The van der Waals surface area contributed by atoms with Crippen LogP contribution in [0.5, 0.6) is 11.5 Å². The van der Waals surface area contributed by atoms with E-state index in [0.29, 0.717) is 44.9 Å². The molecule has 0 bridgehead atoms. The molecule has 0 atom stereocenters. The van der Waals surface area contributed by atoms with Gasteiger partial charge in [-0.25, -0.2) is 4.98 Å². The third-order valence-corrected chi connectivity index (χ3v) is 5.31. The van der Waals surface area contributed by atoms with Gasteiger partial charge >= 0.3 is 0 Å². The number of nitrogens with two attached hydrogens (primary N) is 2. The van der Waals surface area contributed by atoms with E-state index in [1.807, 2.05) is 19.9 Å². The van der Waals surface area contributed by atoms with Gasteiger partial charge in [0.05, 0.1) is 23.4 Å². The maximum Gasteiger partial charge on any atom is 0.222 e. The predicted octanol–water partition coefficient (Wildman–Crippen LogP) is 3.89. The second kappa shape index (κ2) is 8.36. The molecule has 4 N–H and O–H groups in total. The lowest BCUT2D eigenvalue weighted by atomic mass is 10.1. The SMILES string of the molecule is CCCOc1c(OCC)cc(-c2nc(N)nc(N)c2C#N)c(Br)c1Br. The molecule has 25 heavy (non-hydrogen) atoms. The van der Waals surface area contributed by atoms with Crippen LogP contribution in [-0.2, 0) is 0 Å². The smallest absolute Gasteiger partial charge is 0.222 e. The van der Waals surface area contributed by atoms with Gasteiger partial charge in [-0.3, -0.25) is 0 Å². The van der Waals surface area contributed by atoms with Crippen molar-refractivity contribution in [1.29, 1.82) is 5.26 Å². The van der Waals surface area contributed by atoms with Gasteiger partial charge in [-0.1, -0.05) is 6.92 Å². The molecule has 0 radical (unpaired) electrons. The first-order chi connectivity index (χ1) is 11.9. The van der Waals surface area contributed by atoms with Crippen molar-refractivity contribution in [2.45, 2.75) is 20.3 Å². The summed E-state index contributed by atoms with van der Waals surface area (Å²) in [4.78, 5) is 8.03. The lowest BCUT2D eigenvalue weighted by molar-refractivity contribution is 0.275. The van der Waals surface area contributed by atoms with E-state index < -0.39 is 0 Å².